The first kappa shape index (κ1) is 23.5. The zero-order valence-electron chi connectivity index (χ0n) is 18.6. The van der Waals surface area contributed by atoms with Gasteiger partial charge in [-0.05, 0) is 48.4 Å². The van der Waals surface area contributed by atoms with Crippen LogP contribution in [0.4, 0.5) is 5.69 Å². The number of hydrogen-bond donors (Lipinski definition) is 2. The Morgan fingerprint density at radius 1 is 0.971 bits per heavy atom. The molecule has 0 saturated carbocycles. The highest BCUT2D eigenvalue weighted by Gasteiger charge is 2.15. The SMILES string of the molecule is NC(Cc1ccccc1)C(=O)Nc1ccc(-c2nnc(CSCCOc3ccccc3)o2)cc1. The molecule has 0 aliphatic heterocycles. The molecule has 34 heavy (non-hydrogen) atoms. The number of benzene rings is 3. The van der Waals surface area contributed by atoms with Crippen molar-refractivity contribution in [2.24, 2.45) is 5.73 Å². The second-order valence-corrected chi connectivity index (χ2v) is 8.68. The third kappa shape index (κ3) is 6.94. The van der Waals surface area contributed by atoms with Crippen LogP contribution < -0.4 is 15.8 Å². The van der Waals surface area contributed by atoms with Crippen molar-refractivity contribution < 1.29 is 13.9 Å². The Labute approximate surface area is 202 Å². The first-order valence-electron chi connectivity index (χ1n) is 11.0. The molecular formula is C26H26N4O3S. The molecule has 0 saturated heterocycles. The van der Waals surface area contributed by atoms with Gasteiger partial charge in [-0.3, -0.25) is 4.79 Å². The summed E-state index contributed by atoms with van der Waals surface area (Å²) in [6, 6.07) is 26.1. The molecule has 1 unspecified atom stereocenters. The molecular weight excluding hydrogens is 448 g/mol. The second-order valence-electron chi connectivity index (χ2n) is 7.58. The number of anilines is 1. The number of carbonyl (C=O) groups excluding carboxylic acids is 1. The molecule has 174 valence electrons. The van der Waals surface area contributed by atoms with E-state index in [2.05, 4.69) is 15.5 Å². The van der Waals surface area contributed by atoms with Crippen molar-refractivity contribution in [3.05, 3.63) is 96.4 Å². The van der Waals surface area contributed by atoms with Crippen molar-refractivity contribution >= 4 is 23.4 Å². The smallest absolute Gasteiger partial charge is 0.247 e. The Kier molecular flexibility index (Phi) is 8.32. The summed E-state index contributed by atoms with van der Waals surface area (Å²) in [5.41, 5.74) is 8.52. The number of nitrogens with zero attached hydrogens (tertiary/aromatic N) is 2. The van der Waals surface area contributed by atoms with Crippen molar-refractivity contribution in [3.63, 3.8) is 0 Å². The zero-order valence-corrected chi connectivity index (χ0v) is 19.4. The van der Waals surface area contributed by atoms with E-state index in [1.807, 2.05) is 72.8 Å². The summed E-state index contributed by atoms with van der Waals surface area (Å²) >= 11 is 1.67. The monoisotopic (exact) mass is 474 g/mol. The first-order valence-corrected chi connectivity index (χ1v) is 12.1. The molecule has 4 aromatic rings. The summed E-state index contributed by atoms with van der Waals surface area (Å²) in [6.07, 6.45) is 0.478. The van der Waals surface area contributed by atoms with Gasteiger partial charge in [-0.25, -0.2) is 0 Å². The number of nitrogens with two attached hydrogens (primary N) is 1. The Bertz CT molecular complexity index is 1170. The molecule has 3 aromatic carbocycles. The maximum Gasteiger partial charge on any atom is 0.247 e. The quantitative estimate of drug-likeness (QED) is 0.307. The zero-order chi connectivity index (χ0) is 23.6. The fourth-order valence-electron chi connectivity index (χ4n) is 3.22. The van der Waals surface area contributed by atoms with Gasteiger partial charge in [-0.15, -0.1) is 22.0 Å². The molecule has 8 heteroatoms. The predicted molar refractivity (Wildman–Crippen MR) is 135 cm³/mol. The number of para-hydroxylation sites is 1. The van der Waals surface area contributed by atoms with E-state index in [9.17, 15) is 4.79 Å². The molecule has 0 radical (unpaired) electrons. The van der Waals surface area contributed by atoms with Crippen LogP contribution in [0.2, 0.25) is 0 Å². The summed E-state index contributed by atoms with van der Waals surface area (Å²) in [4.78, 5) is 12.4. The van der Waals surface area contributed by atoms with Gasteiger partial charge in [0.25, 0.3) is 0 Å². The molecule has 0 fully saturated rings. The molecule has 7 nitrogen and oxygen atoms in total. The summed E-state index contributed by atoms with van der Waals surface area (Å²) in [6.45, 7) is 0.609. The van der Waals surface area contributed by atoms with E-state index < -0.39 is 6.04 Å². The maximum atomic E-state index is 12.4. The number of carbonyl (C=O) groups is 1. The van der Waals surface area contributed by atoms with Gasteiger partial charge < -0.3 is 20.2 Å². The van der Waals surface area contributed by atoms with Gasteiger partial charge in [0.1, 0.15) is 5.75 Å². The van der Waals surface area contributed by atoms with Gasteiger partial charge in [0.2, 0.25) is 17.7 Å². The molecule has 1 amide bonds. The minimum absolute atomic E-state index is 0.232. The van der Waals surface area contributed by atoms with Crippen LogP contribution in [0.1, 0.15) is 11.5 Å². The molecule has 0 aliphatic rings. The molecule has 3 N–H and O–H groups in total. The molecule has 0 bridgehead atoms. The van der Waals surface area contributed by atoms with Crippen molar-refractivity contribution in [1.29, 1.82) is 0 Å². The van der Waals surface area contributed by atoms with Crippen LogP contribution in [-0.4, -0.2) is 34.5 Å². The van der Waals surface area contributed by atoms with E-state index in [0.717, 1.165) is 22.6 Å². The van der Waals surface area contributed by atoms with E-state index in [1.54, 1.807) is 23.9 Å². The fraction of sp³-hybridized carbons (Fsp3) is 0.192. The molecule has 1 heterocycles. The van der Waals surface area contributed by atoms with Crippen LogP contribution in [0, 0.1) is 0 Å². The lowest BCUT2D eigenvalue weighted by molar-refractivity contribution is -0.117. The lowest BCUT2D eigenvalue weighted by Gasteiger charge is -2.12. The summed E-state index contributed by atoms with van der Waals surface area (Å²) in [5.74, 6) is 3.05. The minimum Gasteiger partial charge on any atom is -0.493 e. The van der Waals surface area contributed by atoms with Crippen LogP contribution in [0.25, 0.3) is 11.5 Å². The Hall–Kier alpha value is -3.62. The normalized spacial score (nSPS) is 11.7. The lowest BCUT2D eigenvalue weighted by atomic mass is 10.1. The van der Waals surface area contributed by atoms with Crippen LogP contribution in [0.5, 0.6) is 5.75 Å². The van der Waals surface area contributed by atoms with Gasteiger partial charge in [-0.2, -0.15) is 0 Å². The largest absolute Gasteiger partial charge is 0.493 e. The highest BCUT2D eigenvalue weighted by atomic mass is 32.2. The third-order valence-corrected chi connectivity index (χ3v) is 5.87. The summed E-state index contributed by atoms with van der Waals surface area (Å²) < 4.78 is 11.4. The lowest BCUT2D eigenvalue weighted by Crippen LogP contribution is -2.37. The third-order valence-electron chi connectivity index (χ3n) is 4.97. The van der Waals surface area contributed by atoms with E-state index in [-0.39, 0.29) is 5.91 Å². The number of amides is 1. The van der Waals surface area contributed by atoms with Gasteiger partial charge in [0.05, 0.1) is 18.4 Å². The maximum absolute atomic E-state index is 12.4. The molecule has 4 rings (SSSR count). The molecule has 0 aliphatic carbocycles. The molecule has 1 atom stereocenters. The van der Waals surface area contributed by atoms with Gasteiger partial charge >= 0.3 is 0 Å². The highest BCUT2D eigenvalue weighted by Crippen LogP contribution is 2.22. The first-order chi connectivity index (χ1) is 16.7. The average Bonchev–Trinajstić information content (AvgIpc) is 3.34. The van der Waals surface area contributed by atoms with Crippen LogP contribution in [0.15, 0.2) is 89.3 Å². The van der Waals surface area contributed by atoms with Gasteiger partial charge in [0.15, 0.2) is 0 Å². The van der Waals surface area contributed by atoms with Crippen LogP contribution in [0.3, 0.4) is 0 Å². The van der Waals surface area contributed by atoms with E-state index in [1.165, 1.54) is 0 Å². The molecule has 0 spiro atoms. The number of aromatic nitrogens is 2. The van der Waals surface area contributed by atoms with E-state index in [0.29, 0.717) is 36.2 Å². The summed E-state index contributed by atoms with van der Waals surface area (Å²) in [5, 5.41) is 11.1. The van der Waals surface area contributed by atoms with Crippen LogP contribution >= 0.6 is 11.8 Å². The minimum atomic E-state index is -0.629. The fourth-order valence-corrected chi connectivity index (χ4v) is 3.85. The topological polar surface area (TPSA) is 103 Å². The average molecular weight is 475 g/mol. The van der Waals surface area contributed by atoms with Crippen molar-refractivity contribution in [2.45, 2.75) is 18.2 Å². The Balaban J connectivity index is 1.22. The standard InChI is InChI=1S/C26H26N4O3S/c27-23(17-19-7-3-1-4-8-19)25(31)28-21-13-11-20(12-14-21)26-30-29-24(33-26)18-34-16-15-32-22-9-5-2-6-10-22/h1-14,23H,15-18,27H2,(H,28,31). The number of thioether (sulfide) groups is 1. The van der Waals surface area contributed by atoms with Gasteiger partial charge in [-0.1, -0.05) is 48.5 Å². The highest BCUT2D eigenvalue weighted by molar-refractivity contribution is 7.98. The van der Waals surface area contributed by atoms with Crippen molar-refractivity contribution in [1.82, 2.24) is 10.2 Å². The Morgan fingerprint density at radius 2 is 1.68 bits per heavy atom. The number of ether oxygens (including phenoxy) is 1. The molecule has 1 aromatic heterocycles. The van der Waals surface area contributed by atoms with E-state index >= 15 is 0 Å². The van der Waals surface area contributed by atoms with Crippen LogP contribution in [-0.2, 0) is 17.0 Å². The second kappa shape index (κ2) is 12.0. The number of nitrogens with one attached hydrogen (secondary N) is 1. The number of rotatable bonds is 11. The van der Waals surface area contributed by atoms with Crippen molar-refractivity contribution in [2.75, 3.05) is 17.7 Å². The Morgan fingerprint density at radius 3 is 2.41 bits per heavy atom. The summed E-state index contributed by atoms with van der Waals surface area (Å²) in [7, 11) is 0. The van der Waals surface area contributed by atoms with Crippen molar-refractivity contribution in [3.8, 4) is 17.2 Å². The van der Waals surface area contributed by atoms with Gasteiger partial charge in [0, 0.05) is 17.0 Å². The van der Waals surface area contributed by atoms with E-state index in [4.69, 9.17) is 14.9 Å². The predicted octanol–water partition coefficient (Wildman–Crippen LogP) is 4.56. The number of hydrogen-bond acceptors (Lipinski definition) is 7.